The third-order valence-corrected chi connectivity index (χ3v) is 7.51. The molecule has 202 valence electrons. The van der Waals surface area contributed by atoms with Crippen LogP contribution in [0.1, 0.15) is 53.1 Å². The number of para-hydroxylation sites is 1. The van der Waals surface area contributed by atoms with Gasteiger partial charge in [-0.3, -0.25) is 9.79 Å². The third kappa shape index (κ3) is 7.18. The van der Waals surface area contributed by atoms with Crippen LogP contribution < -0.4 is 15.4 Å². The summed E-state index contributed by atoms with van der Waals surface area (Å²) in [5.74, 6) is 1.74. The molecule has 2 heterocycles. The second-order valence-corrected chi connectivity index (χ2v) is 10.2. The van der Waals surface area contributed by atoms with Crippen molar-refractivity contribution in [1.29, 1.82) is 0 Å². The summed E-state index contributed by atoms with van der Waals surface area (Å²) in [5, 5.41) is 14.1. The minimum Gasteiger partial charge on any atom is -0.494 e. The maximum Gasteiger partial charge on any atom is 0.407 e. The fourth-order valence-corrected chi connectivity index (χ4v) is 5.88. The van der Waals surface area contributed by atoms with Gasteiger partial charge in [-0.25, -0.2) is 4.79 Å². The van der Waals surface area contributed by atoms with E-state index in [1.54, 1.807) is 18.3 Å². The van der Waals surface area contributed by atoms with Crippen molar-refractivity contribution in [2.24, 2.45) is 10.9 Å². The summed E-state index contributed by atoms with van der Waals surface area (Å²) in [4.78, 5) is 30.3. The molecule has 38 heavy (non-hydrogen) atoms. The highest BCUT2D eigenvalue weighted by atomic mass is 32.1. The van der Waals surface area contributed by atoms with Crippen molar-refractivity contribution in [3.05, 3.63) is 57.6 Å². The SMILES string of the molecule is C=NCc1c(NC(=O)CCc2ccccc2OCC)sc2c1CCC(COC(=O)NCc1nnc(C)o1)C2. The lowest BCUT2D eigenvalue weighted by molar-refractivity contribution is -0.116. The molecule has 1 unspecified atom stereocenters. The molecule has 1 aromatic carbocycles. The third-order valence-electron chi connectivity index (χ3n) is 6.30. The fraction of sp³-hybridized carbons (Fsp3) is 0.444. The first kappa shape index (κ1) is 27.3. The van der Waals surface area contributed by atoms with Crippen molar-refractivity contribution < 1.29 is 23.5 Å². The molecule has 11 heteroatoms. The van der Waals surface area contributed by atoms with E-state index in [9.17, 15) is 9.59 Å². The van der Waals surface area contributed by atoms with E-state index in [0.717, 1.165) is 41.1 Å². The Bertz CT molecular complexity index is 1270. The Balaban J connectivity index is 1.31. The van der Waals surface area contributed by atoms with Gasteiger partial charge >= 0.3 is 6.09 Å². The van der Waals surface area contributed by atoms with Crippen LogP contribution in [0.5, 0.6) is 5.75 Å². The number of benzene rings is 1. The number of hydrogen-bond acceptors (Lipinski definition) is 9. The number of ether oxygens (including phenoxy) is 2. The summed E-state index contributed by atoms with van der Waals surface area (Å²) in [6.45, 7) is 8.76. The van der Waals surface area contributed by atoms with E-state index in [1.807, 2.05) is 31.2 Å². The lowest BCUT2D eigenvalue weighted by Crippen LogP contribution is -2.27. The first-order chi connectivity index (χ1) is 18.5. The fourth-order valence-electron chi connectivity index (χ4n) is 4.49. The average molecular weight is 540 g/mol. The minimum atomic E-state index is -0.520. The minimum absolute atomic E-state index is 0.0480. The zero-order valence-electron chi connectivity index (χ0n) is 21.7. The maximum absolute atomic E-state index is 12.9. The summed E-state index contributed by atoms with van der Waals surface area (Å²) in [5.41, 5.74) is 3.28. The average Bonchev–Trinajstić information content (AvgIpc) is 3.48. The number of anilines is 1. The second-order valence-electron chi connectivity index (χ2n) is 9.06. The second kappa shape index (κ2) is 13.2. The van der Waals surface area contributed by atoms with Crippen LogP contribution in [0.15, 0.2) is 33.7 Å². The Kier molecular flexibility index (Phi) is 9.47. The van der Waals surface area contributed by atoms with Crippen molar-refractivity contribution in [2.75, 3.05) is 18.5 Å². The molecule has 0 radical (unpaired) electrons. The van der Waals surface area contributed by atoms with Gasteiger partial charge < -0.3 is 24.5 Å². The van der Waals surface area contributed by atoms with Gasteiger partial charge in [-0.1, -0.05) is 18.2 Å². The number of hydrogen-bond donors (Lipinski definition) is 2. The quantitative estimate of drug-likeness (QED) is 0.321. The number of nitrogens with one attached hydrogen (secondary N) is 2. The number of carbonyl (C=O) groups excluding carboxylic acids is 2. The molecule has 3 aromatic rings. The molecule has 2 amide bonds. The topological polar surface area (TPSA) is 128 Å². The molecule has 2 N–H and O–H groups in total. The highest BCUT2D eigenvalue weighted by molar-refractivity contribution is 7.16. The molecule has 0 saturated carbocycles. The Labute approximate surface area is 225 Å². The van der Waals surface area contributed by atoms with Gasteiger partial charge in [-0.15, -0.1) is 21.5 Å². The maximum atomic E-state index is 12.9. The number of nitrogens with zero attached hydrogens (tertiary/aromatic N) is 3. The van der Waals surface area contributed by atoms with Crippen LogP contribution >= 0.6 is 11.3 Å². The highest BCUT2D eigenvalue weighted by Crippen LogP contribution is 2.40. The smallest absolute Gasteiger partial charge is 0.407 e. The Morgan fingerprint density at radius 3 is 2.89 bits per heavy atom. The summed E-state index contributed by atoms with van der Waals surface area (Å²) < 4.78 is 16.4. The first-order valence-electron chi connectivity index (χ1n) is 12.7. The zero-order chi connectivity index (χ0) is 26.9. The molecule has 0 saturated heterocycles. The molecular weight excluding hydrogens is 506 g/mol. The normalized spacial score (nSPS) is 14.4. The molecule has 0 fully saturated rings. The van der Waals surface area contributed by atoms with Gasteiger partial charge in [0.25, 0.3) is 0 Å². The van der Waals surface area contributed by atoms with E-state index >= 15 is 0 Å². The van der Waals surface area contributed by atoms with Crippen molar-refractivity contribution in [1.82, 2.24) is 15.5 Å². The molecule has 4 rings (SSSR count). The number of aromatic nitrogens is 2. The van der Waals surface area contributed by atoms with E-state index in [4.69, 9.17) is 13.9 Å². The summed E-state index contributed by atoms with van der Waals surface area (Å²) in [6, 6.07) is 7.80. The first-order valence-corrected chi connectivity index (χ1v) is 13.5. The monoisotopic (exact) mass is 539 g/mol. The highest BCUT2D eigenvalue weighted by Gasteiger charge is 2.27. The van der Waals surface area contributed by atoms with Crippen LogP contribution in [0, 0.1) is 12.8 Å². The number of carbonyl (C=O) groups is 2. The molecule has 0 aliphatic heterocycles. The van der Waals surface area contributed by atoms with Crippen molar-refractivity contribution in [3.8, 4) is 5.75 Å². The van der Waals surface area contributed by atoms with Crippen LogP contribution in [-0.4, -0.2) is 42.1 Å². The Morgan fingerprint density at radius 2 is 2.13 bits per heavy atom. The van der Waals surface area contributed by atoms with Crippen molar-refractivity contribution in [3.63, 3.8) is 0 Å². The van der Waals surface area contributed by atoms with Gasteiger partial charge in [-0.05, 0) is 62.4 Å². The number of thiophene rings is 1. The number of alkyl carbamates (subject to hydrolysis) is 1. The molecule has 0 spiro atoms. The molecular formula is C27H33N5O5S. The standard InChI is InChI=1S/C27H33N5O5S/c1-4-35-22-8-6-5-7-19(22)10-12-24(33)30-26-21(14-28-3)20-11-9-18(13-23(20)38-26)16-36-27(34)29-15-25-32-31-17(2)37-25/h5-8,18H,3-4,9-16H2,1-2H3,(H,29,34)(H,30,33). The summed E-state index contributed by atoms with van der Waals surface area (Å²) in [6.07, 6.45) is 2.92. The van der Waals surface area contributed by atoms with Crippen molar-refractivity contribution >= 4 is 35.1 Å². The molecule has 10 nitrogen and oxygen atoms in total. The molecule has 2 aromatic heterocycles. The van der Waals surface area contributed by atoms with Crippen molar-refractivity contribution in [2.45, 2.75) is 59.0 Å². The van der Waals surface area contributed by atoms with Gasteiger partial charge in [0, 0.05) is 23.8 Å². The van der Waals surface area contributed by atoms with Gasteiger partial charge in [0.2, 0.25) is 17.7 Å². The van der Waals surface area contributed by atoms with Crippen LogP contribution in [0.3, 0.4) is 0 Å². The number of rotatable bonds is 12. The van der Waals surface area contributed by atoms with Gasteiger partial charge in [0.05, 0.1) is 26.3 Å². The zero-order valence-corrected chi connectivity index (χ0v) is 22.6. The summed E-state index contributed by atoms with van der Waals surface area (Å²) in [7, 11) is 0. The number of fused-ring (bicyclic) bond motifs is 1. The predicted molar refractivity (Wildman–Crippen MR) is 145 cm³/mol. The van der Waals surface area contributed by atoms with Gasteiger partial charge in [0.15, 0.2) is 0 Å². The van der Waals surface area contributed by atoms with Crippen LogP contribution in [0.2, 0.25) is 0 Å². The van der Waals surface area contributed by atoms with Crippen LogP contribution in [0.25, 0.3) is 0 Å². The van der Waals surface area contributed by atoms with E-state index in [0.29, 0.717) is 44.4 Å². The number of aliphatic imine (C=N–C) groups is 1. The molecule has 0 bridgehead atoms. The van der Waals surface area contributed by atoms with E-state index in [2.05, 4.69) is 32.5 Å². The number of aryl methyl sites for hydroxylation is 2. The number of amides is 2. The van der Waals surface area contributed by atoms with E-state index in [1.165, 1.54) is 10.4 Å². The van der Waals surface area contributed by atoms with E-state index < -0.39 is 6.09 Å². The lowest BCUT2D eigenvalue weighted by atomic mass is 9.87. The Hall–Kier alpha value is -3.73. The predicted octanol–water partition coefficient (Wildman–Crippen LogP) is 4.64. The summed E-state index contributed by atoms with van der Waals surface area (Å²) >= 11 is 1.58. The molecule has 1 aliphatic rings. The van der Waals surface area contributed by atoms with E-state index in [-0.39, 0.29) is 18.4 Å². The Morgan fingerprint density at radius 1 is 1.29 bits per heavy atom. The molecule has 1 atom stereocenters. The van der Waals surface area contributed by atoms with Gasteiger partial charge in [0.1, 0.15) is 10.8 Å². The van der Waals surface area contributed by atoms with Crippen LogP contribution in [0.4, 0.5) is 9.80 Å². The van der Waals surface area contributed by atoms with Crippen LogP contribution in [-0.2, 0) is 41.9 Å². The molecule has 1 aliphatic carbocycles. The van der Waals surface area contributed by atoms with Gasteiger partial charge in [-0.2, -0.15) is 0 Å². The lowest BCUT2D eigenvalue weighted by Gasteiger charge is -2.22. The largest absolute Gasteiger partial charge is 0.494 e.